The van der Waals surface area contributed by atoms with Crippen LogP contribution in [0.5, 0.6) is 0 Å². The Bertz CT molecular complexity index is 656. The molecule has 20 heavy (non-hydrogen) atoms. The van der Waals surface area contributed by atoms with E-state index in [1.807, 2.05) is 24.3 Å². The Morgan fingerprint density at radius 1 is 1.45 bits per heavy atom. The van der Waals surface area contributed by atoms with E-state index in [0.717, 1.165) is 22.8 Å². The summed E-state index contributed by atoms with van der Waals surface area (Å²) in [6, 6.07) is 6.94. The van der Waals surface area contributed by atoms with E-state index in [1.165, 1.54) is 11.1 Å². The summed E-state index contributed by atoms with van der Waals surface area (Å²) in [5.74, 6) is -0.417. The molecular weight excluding hydrogens is 276 g/mol. The Morgan fingerprint density at radius 2 is 2.25 bits per heavy atom. The maximum atomic E-state index is 12.5. The number of anilines is 1. The molecule has 0 bridgehead atoms. The summed E-state index contributed by atoms with van der Waals surface area (Å²) in [5.41, 5.74) is 1.66. The number of nitrogens with zero attached hydrogens (tertiary/aromatic N) is 3. The van der Waals surface area contributed by atoms with E-state index >= 15 is 0 Å². The number of carbonyl (C=O) groups excluding carboxylic acids is 2. The maximum Gasteiger partial charge on any atom is 0.268 e. The van der Waals surface area contributed by atoms with Gasteiger partial charge in [0.2, 0.25) is 5.91 Å². The third kappa shape index (κ3) is 2.16. The molecule has 1 atom stereocenters. The summed E-state index contributed by atoms with van der Waals surface area (Å²) in [6.07, 6.45) is 1.43. The molecule has 1 unspecified atom stereocenters. The van der Waals surface area contributed by atoms with E-state index in [4.69, 9.17) is 0 Å². The van der Waals surface area contributed by atoms with E-state index < -0.39 is 6.04 Å². The van der Waals surface area contributed by atoms with Gasteiger partial charge in [-0.2, -0.15) is 0 Å². The Balaban J connectivity index is 1.98. The zero-order chi connectivity index (χ0) is 14.1. The predicted molar refractivity (Wildman–Crippen MR) is 74.3 cm³/mol. The molecular formula is C13H12N4O2S. The molecule has 102 valence electrons. The second-order valence-corrected chi connectivity index (χ2v) is 5.32. The van der Waals surface area contributed by atoms with Gasteiger partial charge in [-0.3, -0.25) is 9.59 Å². The lowest BCUT2D eigenvalue weighted by molar-refractivity contribution is -0.119. The molecule has 1 aliphatic heterocycles. The lowest BCUT2D eigenvalue weighted by Gasteiger charge is -2.24. The van der Waals surface area contributed by atoms with E-state index in [9.17, 15) is 9.59 Å². The minimum absolute atomic E-state index is 0.194. The van der Waals surface area contributed by atoms with Crippen molar-refractivity contribution < 1.29 is 9.59 Å². The SMILES string of the molecule is CC1C(=O)Nc2ccccc2CN1C(=O)c1cnns1. The first-order valence-corrected chi connectivity index (χ1v) is 6.91. The fraction of sp³-hybridized carbons (Fsp3) is 0.231. The summed E-state index contributed by atoms with van der Waals surface area (Å²) >= 11 is 1.03. The largest absolute Gasteiger partial charge is 0.324 e. The molecule has 0 fully saturated rings. The molecule has 2 amide bonds. The zero-order valence-corrected chi connectivity index (χ0v) is 11.6. The normalized spacial score (nSPS) is 18.1. The summed E-state index contributed by atoms with van der Waals surface area (Å²) in [4.78, 5) is 26.6. The molecule has 0 aliphatic carbocycles. The van der Waals surface area contributed by atoms with Crippen LogP contribution in [0.4, 0.5) is 5.69 Å². The highest BCUT2D eigenvalue weighted by molar-refractivity contribution is 7.07. The molecule has 1 aromatic carbocycles. The van der Waals surface area contributed by atoms with Crippen LogP contribution in [-0.4, -0.2) is 32.3 Å². The minimum atomic E-state index is -0.544. The average molecular weight is 288 g/mol. The van der Waals surface area contributed by atoms with E-state index in [2.05, 4.69) is 14.9 Å². The average Bonchev–Trinajstić information content (AvgIpc) is 2.95. The number of rotatable bonds is 1. The first-order valence-electron chi connectivity index (χ1n) is 6.14. The molecule has 7 heteroatoms. The lowest BCUT2D eigenvalue weighted by Crippen LogP contribution is -2.43. The molecule has 2 aromatic rings. The van der Waals surface area contributed by atoms with Gasteiger partial charge < -0.3 is 10.2 Å². The van der Waals surface area contributed by atoms with Crippen molar-refractivity contribution in [2.24, 2.45) is 0 Å². The van der Waals surface area contributed by atoms with Crippen molar-refractivity contribution in [3.05, 3.63) is 40.9 Å². The van der Waals surface area contributed by atoms with Crippen molar-refractivity contribution in [2.45, 2.75) is 19.5 Å². The second-order valence-electron chi connectivity index (χ2n) is 4.54. The summed E-state index contributed by atoms with van der Waals surface area (Å²) in [5, 5.41) is 6.51. The summed E-state index contributed by atoms with van der Waals surface area (Å²) in [7, 11) is 0. The molecule has 0 radical (unpaired) electrons. The third-order valence-electron chi connectivity index (χ3n) is 3.30. The van der Waals surface area contributed by atoms with Gasteiger partial charge in [-0.25, -0.2) is 0 Å². The van der Waals surface area contributed by atoms with Crippen LogP contribution in [0.25, 0.3) is 0 Å². The van der Waals surface area contributed by atoms with Gasteiger partial charge in [-0.1, -0.05) is 22.7 Å². The van der Waals surface area contributed by atoms with Crippen LogP contribution >= 0.6 is 11.5 Å². The van der Waals surface area contributed by atoms with Gasteiger partial charge in [0, 0.05) is 12.2 Å². The van der Waals surface area contributed by atoms with E-state index in [0.29, 0.717) is 11.4 Å². The second kappa shape index (κ2) is 5.01. The number of benzene rings is 1. The van der Waals surface area contributed by atoms with Crippen molar-refractivity contribution in [3.8, 4) is 0 Å². The fourth-order valence-electron chi connectivity index (χ4n) is 2.13. The van der Waals surface area contributed by atoms with Crippen molar-refractivity contribution in [1.29, 1.82) is 0 Å². The monoisotopic (exact) mass is 288 g/mol. The molecule has 3 rings (SSSR count). The molecule has 1 aliphatic rings. The Labute approximate surface area is 119 Å². The fourth-order valence-corrected chi connectivity index (χ4v) is 2.60. The van der Waals surface area contributed by atoms with Gasteiger partial charge >= 0.3 is 0 Å². The first-order chi connectivity index (χ1) is 9.66. The van der Waals surface area contributed by atoms with Crippen LogP contribution in [0, 0.1) is 0 Å². The predicted octanol–water partition coefficient (Wildman–Crippen LogP) is 1.52. The number of amides is 2. The smallest absolute Gasteiger partial charge is 0.268 e. The highest BCUT2D eigenvalue weighted by Gasteiger charge is 2.31. The van der Waals surface area contributed by atoms with E-state index in [1.54, 1.807) is 6.92 Å². The number of hydrogen-bond acceptors (Lipinski definition) is 5. The summed E-state index contributed by atoms with van der Waals surface area (Å²) in [6.45, 7) is 2.10. The molecule has 0 spiro atoms. The topological polar surface area (TPSA) is 75.2 Å². The lowest BCUT2D eigenvalue weighted by atomic mass is 10.1. The van der Waals surface area contributed by atoms with Gasteiger partial charge in [0.1, 0.15) is 10.9 Å². The molecule has 2 heterocycles. The standard InChI is InChI=1S/C13H12N4O2S/c1-8-12(18)15-10-5-3-2-4-9(10)7-17(8)13(19)11-6-14-16-20-11/h2-6,8H,7H2,1H3,(H,15,18). The summed E-state index contributed by atoms with van der Waals surface area (Å²) < 4.78 is 3.69. The zero-order valence-electron chi connectivity index (χ0n) is 10.7. The molecule has 1 N–H and O–H groups in total. The van der Waals surface area contributed by atoms with Crippen molar-refractivity contribution in [1.82, 2.24) is 14.5 Å². The molecule has 1 aromatic heterocycles. The van der Waals surface area contributed by atoms with Crippen LogP contribution < -0.4 is 5.32 Å². The maximum absolute atomic E-state index is 12.5. The van der Waals surface area contributed by atoms with Gasteiger partial charge in [0.05, 0.1) is 6.20 Å². The van der Waals surface area contributed by atoms with Crippen LogP contribution in [0.1, 0.15) is 22.2 Å². The molecule has 0 saturated carbocycles. The number of aromatic nitrogens is 2. The molecule has 0 saturated heterocycles. The van der Waals surface area contributed by atoms with E-state index in [-0.39, 0.29) is 11.8 Å². The molecule has 6 nitrogen and oxygen atoms in total. The van der Waals surface area contributed by atoms with Crippen molar-refractivity contribution in [3.63, 3.8) is 0 Å². The van der Waals surface area contributed by atoms with Crippen molar-refractivity contribution in [2.75, 3.05) is 5.32 Å². The van der Waals surface area contributed by atoms with Crippen LogP contribution in [0.3, 0.4) is 0 Å². The number of fused-ring (bicyclic) bond motifs is 1. The van der Waals surface area contributed by atoms with Crippen LogP contribution in [-0.2, 0) is 11.3 Å². The van der Waals surface area contributed by atoms with Gasteiger partial charge in [0.15, 0.2) is 0 Å². The number of carbonyl (C=O) groups is 2. The van der Waals surface area contributed by atoms with Gasteiger partial charge in [0.25, 0.3) is 5.91 Å². The van der Waals surface area contributed by atoms with Crippen LogP contribution in [0.15, 0.2) is 30.5 Å². The Kier molecular flexibility index (Phi) is 3.19. The highest BCUT2D eigenvalue weighted by atomic mass is 32.1. The van der Waals surface area contributed by atoms with Gasteiger partial charge in [-0.05, 0) is 30.1 Å². The van der Waals surface area contributed by atoms with Crippen LogP contribution in [0.2, 0.25) is 0 Å². The minimum Gasteiger partial charge on any atom is -0.324 e. The highest BCUT2D eigenvalue weighted by Crippen LogP contribution is 2.24. The number of nitrogens with one attached hydrogen (secondary N) is 1. The Morgan fingerprint density at radius 3 is 3.00 bits per heavy atom. The Hall–Kier alpha value is -2.28. The quantitative estimate of drug-likeness (QED) is 0.863. The number of para-hydroxylation sites is 1. The van der Waals surface area contributed by atoms with Crippen molar-refractivity contribution >= 4 is 29.0 Å². The third-order valence-corrected chi connectivity index (χ3v) is 3.95. The van der Waals surface area contributed by atoms with Gasteiger partial charge in [-0.15, -0.1) is 5.10 Å². The first kappa shape index (κ1) is 12.7. The number of hydrogen-bond donors (Lipinski definition) is 1.